The van der Waals surface area contributed by atoms with Gasteiger partial charge in [0.25, 0.3) is 11.5 Å². The molecule has 5 rings (SSSR count). The number of H-pyrrole nitrogens is 1. The first-order chi connectivity index (χ1) is 17.1. The molecule has 0 spiro atoms. The van der Waals surface area contributed by atoms with Gasteiger partial charge < -0.3 is 19.9 Å². The average Bonchev–Trinajstić information content (AvgIpc) is 3.41. The Balaban J connectivity index is 1.14. The van der Waals surface area contributed by atoms with Gasteiger partial charge in [0.2, 0.25) is 0 Å². The Morgan fingerprint density at radius 1 is 1.17 bits per heavy atom. The molecule has 2 saturated heterocycles. The first-order valence-corrected chi connectivity index (χ1v) is 12.4. The van der Waals surface area contributed by atoms with Crippen molar-refractivity contribution in [3.8, 4) is 0 Å². The van der Waals surface area contributed by atoms with Crippen LogP contribution in [0.1, 0.15) is 35.0 Å². The molecular weight excluding hydrogens is 444 g/mol. The van der Waals surface area contributed by atoms with Gasteiger partial charge in [-0.2, -0.15) is 0 Å². The second-order valence-corrected chi connectivity index (χ2v) is 9.36. The zero-order valence-electron chi connectivity index (χ0n) is 20.1. The van der Waals surface area contributed by atoms with Crippen LogP contribution in [0.25, 0.3) is 11.0 Å². The fourth-order valence-corrected chi connectivity index (χ4v) is 4.72. The highest BCUT2D eigenvalue weighted by molar-refractivity contribution is 5.92. The number of aryl methyl sites for hydroxylation is 1. The standard InChI is InChI=1S/C26H32N6O3/c1-2-20-12-23-24(30-25(20)33)11-19(14-27-23)16-31-6-8-32(9-7-31)21-3-4-22(28-15-21)26(34)29-13-18-5-10-35-17-18/h3-4,11-12,14-15,18H,2,5-10,13,16-17H2,1H3,(H,29,34)(H,30,33)/t18-/m1/s1. The van der Waals surface area contributed by atoms with E-state index in [9.17, 15) is 9.59 Å². The zero-order valence-corrected chi connectivity index (χ0v) is 20.1. The Morgan fingerprint density at radius 2 is 2.03 bits per heavy atom. The number of ether oxygens (including phenoxy) is 1. The fraction of sp³-hybridized carbons (Fsp3) is 0.462. The van der Waals surface area contributed by atoms with Crippen LogP contribution in [0, 0.1) is 5.92 Å². The van der Waals surface area contributed by atoms with E-state index in [4.69, 9.17) is 4.74 Å². The summed E-state index contributed by atoms with van der Waals surface area (Å²) >= 11 is 0. The first kappa shape index (κ1) is 23.4. The van der Waals surface area contributed by atoms with Gasteiger partial charge in [0.1, 0.15) is 5.69 Å². The van der Waals surface area contributed by atoms with Crippen molar-refractivity contribution in [3.63, 3.8) is 0 Å². The van der Waals surface area contributed by atoms with Gasteiger partial charge in [-0.15, -0.1) is 0 Å². The van der Waals surface area contributed by atoms with Crippen LogP contribution in [0.3, 0.4) is 0 Å². The first-order valence-electron chi connectivity index (χ1n) is 12.4. The molecule has 9 nitrogen and oxygen atoms in total. The molecule has 2 fully saturated rings. The molecule has 0 saturated carbocycles. The summed E-state index contributed by atoms with van der Waals surface area (Å²) < 4.78 is 5.36. The van der Waals surface area contributed by atoms with Crippen LogP contribution in [0.2, 0.25) is 0 Å². The van der Waals surface area contributed by atoms with E-state index >= 15 is 0 Å². The number of nitrogens with zero attached hydrogens (tertiary/aromatic N) is 4. The summed E-state index contributed by atoms with van der Waals surface area (Å²) in [4.78, 5) is 41.1. The van der Waals surface area contributed by atoms with Crippen LogP contribution < -0.4 is 15.8 Å². The molecule has 9 heteroatoms. The fourth-order valence-electron chi connectivity index (χ4n) is 4.72. The lowest BCUT2D eigenvalue weighted by molar-refractivity contribution is 0.0940. The molecule has 2 aliphatic rings. The quantitative estimate of drug-likeness (QED) is 0.537. The molecule has 5 heterocycles. The van der Waals surface area contributed by atoms with Crippen molar-refractivity contribution >= 4 is 22.6 Å². The Bertz CT molecular complexity index is 1230. The van der Waals surface area contributed by atoms with Crippen molar-refractivity contribution in [2.75, 3.05) is 50.8 Å². The minimum absolute atomic E-state index is 0.0342. The highest BCUT2D eigenvalue weighted by Gasteiger charge is 2.20. The molecular formula is C26H32N6O3. The maximum absolute atomic E-state index is 12.4. The van der Waals surface area contributed by atoms with Crippen LogP contribution in [0.4, 0.5) is 5.69 Å². The minimum Gasteiger partial charge on any atom is -0.381 e. The number of hydrogen-bond donors (Lipinski definition) is 2. The SMILES string of the molecule is CCc1cc2ncc(CN3CCN(c4ccc(C(=O)NC[C@H]5CCOC5)nc4)CC3)cc2[nH]c1=O. The van der Waals surface area contributed by atoms with E-state index < -0.39 is 0 Å². The van der Waals surface area contributed by atoms with E-state index in [0.717, 1.165) is 80.2 Å². The number of nitrogens with one attached hydrogen (secondary N) is 2. The van der Waals surface area contributed by atoms with Gasteiger partial charge in [0.05, 0.1) is 29.5 Å². The molecule has 35 heavy (non-hydrogen) atoms. The molecule has 2 N–H and O–H groups in total. The number of hydrogen-bond acceptors (Lipinski definition) is 7. The Kier molecular flexibility index (Phi) is 7.06. The predicted molar refractivity (Wildman–Crippen MR) is 135 cm³/mol. The number of anilines is 1. The van der Waals surface area contributed by atoms with Gasteiger partial charge in [-0.25, -0.2) is 4.98 Å². The highest BCUT2D eigenvalue weighted by Crippen LogP contribution is 2.18. The van der Waals surface area contributed by atoms with E-state index in [0.29, 0.717) is 24.6 Å². The summed E-state index contributed by atoms with van der Waals surface area (Å²) in [5, 5.41) is 2.96. The maximum atomic E-state index is 12.4. The third-order valence-corrected chi connectivity index (χ3v) is 6.91. The molecule has 184 valence electrons. The summed E-state index contributed by atoms with van der Waals surface area (Å²) in [5.74, 6) is 0.264. The molecule has 2 aliphatic heterocycles. The van der Waals surface area contributed by atoms with E-state index in [1.165, 1.54) is 0 Å². The Hall–Kier alpha value is -3.30. The van der Waals surface area contributed by atoms with E-state index in [1.807, 2.05) is 31.3 Å². The summed E-state index contributed by atoms with van der Waals surface area (Å²) in [6, 6.07) is 7.69. The van der Waals surface area contributed by atoms with Gasteiger partial charge in [0.15, 0.2) is 0 Å². The van der Waals surface area contributed by atoms with Crippen LogP contribution in [-0.4, -0.2) is 71.7 Å². The summed E-state index contributed by atoms with van der Waals surface area (Å²) in [6.07, 6.45) is 5.38. The molecule has 3 aromatic rings. The van der Waals surface area contributed by atoms with Crippen molar-refractivity contribution in [2.24, 2.45) is 5.92 Å². The number of piperazine rings is 1. The number of carbonyl (C=O) groups excluding carboxylic acids is 1. The third kappa shape index (κ3) is 5.52. The molecule has 0 unspecified atom stereocenters. The van der Waals surface area contributed by atoms with Gasteiger partial charge in [-0.1, -0.05) is 6.92 Å². The third-order valence-electron chi connectivity index (χ3n) is 6.91. The second-order valence-electron chi connectivity index (χ2n) is 9.36. The molecule has 0 radical (unpaired) electrons. The molecule has 1 atom stereocenters. The van der Waals surface area contributed by atoms with Crippen LogP contribution >= 0.6 is 0 Å². The van der Waals surface area contributed by atoms with Gasteiger partial charge in [-0.05, 0) is 42.7 Å². The Labute approximate surface area is 204 Å². The zero-order chi connectivity index (χ0) is 24.2. The second kappa shape index (κ2) is 10.5. The maximum Gasteiger partial charge on any atom is 0.269 e. The molecule has 1 amide bonds. The van der Waals surface area contributed by atoms with Gasteiger partial charge >= 0.3 is 0 Å². The largest absolute Gasteiger partial charge is 0.381 e. The molecule has 3 aromatic heterocycles. The lowest BCUT2D eigenvalue weighted by Gasteiger charge is -2.36. The molecule has 0 aliphatic carbocycles. The Morgan fingerprint density at radius 3 is 2.74 bits per heavy atom. The summed E-state index contributed by atoms with van der Waals surface area (Å²) in [5.41, 5.74) is 4.90. The number of aromatic amines is 1. The summed E-state index contributed by atoms with van der Waals surface area (Å²) in [6.45, 7) is 8.48. The van der Waals surface area contributed by atoms with Crippen LogP contribution in [0.15, 0.2) is 41.5 Å². The number of pyridine rings is 3. The van der Waals surface area contributed by atoms with E-state index in [2.05, 4.69) is 30.1 Å². The number of carbonyl (C=O) groups is 1. The topological polar surface area (TPSA) is 103 Å². The summed E-state index contributed by atoms with van der Waals surface area (Å²) in [7, 11) is 0. The number of amides is 1. The van der Waals surface area contributed by atoms with Gasteiger partial charge in [0, 0.05) is 63.6 Å². The van der Waals surface area contributed by atoms with Gasteiger partial charge in [-0.3, -0.25) is 19.5 Å². The highest BCUT2D eigenvalue weighted by atomic mass is 16.5. The number of rotatable bonds is 7. The van der Waals surface area contributed by atoms with Crippen LogP contribution in [0.5, 0.6) is 0 Å². The van der Waals surface area contributed by atoms with Crippen molar-refractivity contribution in [1.29, 1.82) is 0 Å². The lowest BCUT2D eigenvalue weighted by Crippen LogP contribution is -2.46. The van der Waals surface area contributed by atoms with Crippen molar-refractivity contribution in [2.45, 2.75) is 26.3 Å². The molecule has 0 bridgehead atoms. The minimum atomic E-state index is -0.135. The predicted octanol–water partition coefficient (Wildman–Crippen LogP) is 1.97. The van der Waals surface area contributed by atoms with E-state index in [-0.39, 0.29) is 11.5 Å². The van der Waals surface area contributed by atoms with E-state index in [1.54, 1.807) is 12.3 Å². The van der Waals surface area contributed by atoms with Crippen molar-refractivity contribution < 1.29 is 9.53 Å². The normalized spacial score (nSPS) is 18.8. The number of aromatic nitrogens is 3. The average molecular weight is 477 g/mol. The molecule has 0 aromatic carbocycles. The lowest BCUT2D eigenvalue weighted by atomic mass is 10.1. The van der Waals surface area contributed by atoms with Crippen LogP contribution in [-0.2, 0) is 17.7 Å². The smallest absolute Gasteiger partial charge is 0.269 e. The monoisotopic (exact) mass is 476 g/mol. The van der Waals surface area contributed by atoms with Crippen molar-refractivity contribution in [3.05, 3.63) is 63.8 Å². The van der Waals surface area contributed by atoms with Crippen molar-refractivity contribution in [1.82, 2.24) is 25.2 Å². The number of fused-ring (bicyclic) bond motifs is 1.